The van der Waals surface area contributed by atoms with Crippen molar-refractivity contribution in [1.82, 2.24) is 15.1 Å². The summed E-state index contributed by atoms with van der Waals surface area (Å²) < 4.78 is 0. The number of hydrogen-bond acceptors (Lipinski definition) is 4. The smallest absolute Gasteiger partial charge is 0.237 e. The van der Waals surface area contributed by atoms with Gasteiger partial charge in [0.1, 0.15) is 0 Å². The molecule has 6 heteroatoms. The van der Waals surface area contributed by atoms with Crippen molar-refractivity contribution < 1.29 is 9.59 Å². The van der Waals surface area contributed by atoms with Gasteiger partial charge >= 0.3 is 0 Å². The molecule has 1 aromatic rings. The summed E-state index contributed by atoms with van der Waals surface area (Å²) in [5.41, 5.74) is 0. The molecule has 0 bridgehead atoms. The first-order valence-corrected chi connectivity index (χ1v) is 11.4. The van der Waals surface area contributed by atoms with Gasteiger partial charge in [0.15, 0.2) is 0 Å². The molecule has 4 rings (SSSR count). The molecule has 148 valence electrons. The first-order chi connectivity index (χ1) is 13.2. The second kappa shape index (κ2) is 8.74. The maximum Gasteiger partial charge on any atom is 0.237 e. The van der Waals surface area contributed by atoms with Crippen LogP contribution in [0.1, 0.15) is 43.4 Å². The van der Waals surface area contributed by atoms with Gasteiger partial charge in [0.05, 0.1) is 12.5 Å². The molecule has 1 atom stereocenters. The van der Waals surface area contributed by atoms with Gasteiger partial charge in [-0.25, -0.2) is 0 Å². The van der Waals surface area contributed by atoms with Crippen molar-refractivity contribution in [1.29, 1.82) is 0 Å². The van der Waals surface area contributed by atoms with Crippen molar-refractivity contribution in [3.05, 3.63) is 22.4 Å². The lowest BCUT2D eigenvalue weighted by Crippen LogP contribution is -2.58. The monoisotopic (exact) mass is 389 g/mol. The molecule has 0 radical (unpaired) electrons. The number of piperazine rings is 1. The standard InChI is InChI=1S/C21H31N3O2S/c25-19(14-18-6-3-13-27-18)23-9-11-24(12-10-23)20(17-4-1-2-5-17)21(26)22-15-16-7-8-16/h3,6,13,16-17,20H,1-2,4-5,7-12,14-15H2,(H,22,26). The first-order valence-electron chi connectivity index (χ1n) is 10.5. The molecule has 5 nitrogen and oxygen atoms in total. The Hall–Kier alpha value is -1.40. The minimum absolute atomic E-state index is 0.000739. The molecular weight excluding hydrogens is 358 g/mol. The van der Waals surface area contributed by atoms with Crippen LogP contribution >= 0.6 is 11.3 Å². The third kappa shape index (κ3) is 4.91. The molecule has 1 aliphatic heterocycles. The molecule has 0 aromatic carbocycles. The number of carbonyl (C=O) groups excluding carboxylic acids is 2. The zero-order valence-electron chi connectivity index (χ0n) is 16.1. The lowest BCUT2D eigenvalue weighted by atomic mass is 9.95. The highest BCUT2D eigenvalue weighted by atomic mass is 32.1. The maximum atomic E-state index is 13.0. The fourth-order valence-corrected chi connectivity index (χ4v) is 5.24. The van der Waals surface area contributed by atoms with Gasteiger partial charge in [-0.3, -0.25) is 14.5 Å². The van der Waals surface area contributed by atoms with Crippen LogP contribution in [0.15, 0.2) is 17.5 Å². The highest BCUT2D eigenvalue weighted by Gasteiger charge is 2.37. The zero-order chi connectivity index (χ0) is 18.6. The molecule has 1 aromatic heterocycles. The lowest BCUT2D eigenvalue weighted by Gasteiger charge is -2.40. The van der Waals surface area contributed by atoms with Gasteiger partial charge in [-0.15, -0.1) is 11.3 Å². The number of nitrogens with one attached hydrogen (secondary N) is 1. The Morgan fingerprint density at radius 2 is 1.85 bits per heavy atom. The molecule has 2 aliphatic carbocycles. The number of amides is 2. The number of thiophene rings is 1. The van der Waals surface area contributed by atoms with Crippen LogP contribution in [-0.4, -0.2) is 60.4 Å². The van der Waals surface area contributed by atoms with Gasteiger partial charge in [0.2, 0.25) is 11.8 Å². The second-order valence-electron chi connectivity index (χ2n) is 8.35. The fraction of sp³-hybridized carbons (Fsp3) is 0.714. The summed E-state index contributed by atoms with van der Waals surface area (Å²) in [6, 6.07) is 4.03. The molecule has 1 N–H and O–H groups in total. The summed E-state index contributed by atoms with van der Waals surface area (Å²) in [5, 5.41) is 5.24. The van der Waals surface area contributed by atoms with Gasteiger partial charge in [-0.2, -0.15) is 0 Å². The van der Waals surface area contributed by atoms with Crippen LogP contribution < -0.4 is 5.32 Å². The molecule has 27 heavy (non-hydrogen) atoms. The van der Waals surface area contributed by atoms with E-state index in [1.54, 1.807) is 11.3 Å². The Balaban J connectivity index is 1.32. The lowest BCUT2D eigenvalue weighted by molar-refractivity contribution is -0.134. The van der Waals surface area contributed by atoms with Crippen molar-refractivity contribution in [2.75, 3.05) is 32.7 Å². The first kappa shape index (κ1) is 18.9. The summed E-state index contributed by atoms with van der Waals surface area (Å²) in [4.78, 5) is 31.0. The Kier molecular flexibility index (Phi) is 6.13. The van der Waals surface area contributed by atoms with E-state index < -0.39 is 0 Å². The number of rotatable bonds is 7. The molecular formula is C21H31N3O2S. The molecule has 2 saturated carbocycles. The van der Waals surface area contributed by atoms with E-state index >= 15 is 0 Å². The zero-order valence-corrected chi connectivity index (χ0v) is 16.9. The fourth-order valence-electron chi connectivity index (χ4n) is 4.55. The Labute approximate surface area is 166 Å². The minimum Gasteiger partial charge on any atom is -0.354 e. The summed E-state index contributed by atoms with van der Waals surface area (Å²) in [7, 11) is 0. The van der Waals surface area contributed by atoms with Crippen LogP contribution in [0.25, 0.3) is 0 Å². The van der Waals surface area contributed by atoms with E-state index in [-0.39, 0.29) is 17.9 Å². The van der Waals surface area contributed by atoms with Gasteiger partial charge in [0.25, 0.3) is 0 Å². The normalized spacial score (nSPS) is 22.7. The predicted molar refractivity (Wildman–Crippen MR) is 108 cm³/mol. The van der Waals surface area contributed by atoms with Gasteiger partial charge in [-0.05, 0) is 49.0 Å². The van der Waals surface area contributed by atoms with E-state index in [4.69, 9.17) is 0 Å². The summed E-state index contributed by atoms with van der Waals surface area (Å²) >= 11 is 1.64. The summed E-state index contributed by atoms with van der Waals surface area (Å²) in [6.07, 6.45) is 7.86. The Bertz CT molecular complexity index is 630. The molecule has 1 saturated heterocycles. The number of nitrogens with zero attached hydrogens (tertiary/aromatic N) is 2. The van der Waals surface area contributed by atoms with Crippen molar-refractivity contribution in [3.63, 3.8) is 0 Å². The average molecular weight is 390 g/mol. The summed E-state index contributed by atoms with van der Waals surface area (Å²) in [5.74, 6) is 1.64. The maximum absolute atomic E-state index is 13.0. The van der Waals surface area contributed by atoms with Crippen molar-refractivity contribution in [2.45, 2.75) is 51.0 Å². The van der Waals surface area contributed by atoms with Crippen LogP contribution in [0.3, 0.4) is 0 Å². The van der Waals surface area contributed by atoms with Crippen LogP contribution in [0, 0.1) is 11.8 Å². The van der Waals surface area contributed by atoms with Crippen molar-refractivity contribution >= 4 is 23.2 Å². The van der Waals surface area contributed by atoms with E-state index in [1.165, 1.54) is 38.5 Å². The molecule has 3 aliphatic rings. The van der Waals surface area contributed by atoms with Crippen molar-refractivity contribution in [2.24, 2.45) is 11.8 Å². The van der Waals surface area contributed by atoms with E-state index in [1.807, 2.05) is 22.4 Å². The van der Waals surface area contributed by atoms with Crippen LogP contribution in [0.5, 0.6) is 0 Å². The Morgan fingerprint density at radius 3 is 2.48 bits per heavy atom. The molecule has 2 amide bonds. The third-order valence-electron chi connectivity index (χ3n) is 6.34. The predicted octanol–water partition coefficient (Wildman–Crippen LogP) is 2.52. The largest absolute Gasteiger partial charge is 0.354 e. The van der Waals surface area contributed by atoms with Crippen LogP contribution in [0.2, 0.25) is 0 Å². The quantitative estimate of drug-likeness (QED) is 0.780. The number of carbonyl (C=O) groups is 2. The van der Waals surface area contributed by atoms with Crippen LogP contribution in [-0.2, 0) is 16.0 Å². The topological polar surface area (TPSA) is 52.7 Å². The SMILES string of the molecule is O=C(NCC1CC1)C(C1CCCC1)N1CCN(C(=O)Cc2cccs2)CC1. The molecule has 2 heterocycles. The van der Waals surface area contributed by atoms with E-state index in [0.29, 0.717) is 18.3 Å². The molecule has 1 unspecified atom stereocenters. The van der Waals surface area contributed by atoms with Crippen LogP contribution in [0.4, 0.5) is 0 Å². The highest BCUT2D eigenvalue weighted by molar-refractivity contribution is 7.10. The number of hydrogen-bond donors (Lipinski definition) is 1. The van der Waals surface area contributed by atoms with E-state index in [0.717, 1.165) is 37.6 Å². The molecule has 3 fully saturated rings. The van der Waals surface area contributed by atoms with Gasteiger partial charge in [0, 0.05) is 37.6 Å². The Morgan fingerprint density at radius 1 is 1.11 bits per heavy atom. The molecule has 0 spiro atoms. The van der Waals surface area contributed by atoms with E-state index in [9.17, 15) is 9.59 Å². The van der Waals surface area contributed by atoms with E-state index in [2.05, 4.69) is 10.2 Å². The second-order valence-corrected chi connectivity index (χ2v) is 9.38. The average Bonchev–Trinajstić information content (AvgIpc) is 3.11. The van der Waals surface area contributed by atoms with Gasteiger partial charge < -0.3 is 10.2 Å². The highest BCUT2D eigenvalue weighted by Crippen LogP contribution is 2.32. The van der Waals surface area contributed by atoms with Crippen molar-refractivity contribution in [3.8, 4) is 0 Å². The van der Waals surface area contributed by atoms with Gasteiger partial charge in [-0.1, -0.05) is 18.9 Å². The summed E-state index contributed by atoms with van der Waals surface area (Å²) in [6.45, 7) is 3.95. The third-order valence-corrected chi connectivity index (χ3v) is 7.22. The minimum atomic E-state index is 0.000739.